The Morgan fingerprint density at radius 1 is 0.792 bits per heavy atom. The van der Waals surface area contributed by atoms with Gasteiger partial charge in [0.1, 0.15) is 5.69 Å². The van der Waals surface area contributed by atoms with Gasteiger partial charge in [-0.05, 0) is 24.3 Å². The van der Waals surface area contributed by atoms with Gasteiger partial charge in [-0.2, -0.15) is 0 Å². The van der Waals surface area contributed by atoms with Gasteiger partial charge < -0.3 is 9.80 Å². The van der Waals surface area contributed by atoms with Crippen molar-refractivity contribution in [3.8, 4) is 11.5 Å². The van der Waals surface area contributed by atoms with Crippen molar-refractivity contribution in [2.24, 2.45) is 7.05 Å². The van der Waals surface area contributed by atoms with E-state index in [0.717, 1.165) is 43.6 Å². The van der Waals surface area contributed by atoms with Crippen LogP contribution in [0.15, 0.2) is 54.7 Å². The molecule has 0 saturated carbocycles. The SMILES string of the molecule is Cn1c(-c2ccccn2)nnc1N1CCN(c2ccccc2)CC1. The third-order valence-corrected chi connectivity index (χ3v) is 4.43. The second kappa shape index (κ2) is 6.31. The number of nitrogens with zero attached hydrogens (tertiary/aromatic N) is 6. The molecule has 3 aromatic rings. The standard InChI is InChI=1S/C18H20N6/c1-22-17(16-9-5-6-10-19-16)20-21-18(22)24-13-11-23(12-14-24)15-7-3-2-4-8-15/h2-10H,11-14H2,1H3. The lowest BCUT2D eigenvalue weighted by molar-refractivity contribution is 0.630. The molecular formula is C18H20N6. The van der Waals surface area contributed by atoms with E-state index in [1.807, 2.05) is 29.8 Å². The van der Waals surface area contributed by atoms with Crippen LogP contribution in [0.25, 0.3) is 11.5 Å². The van der Waals surface area contributed by atoms with Crippen LogP contribution >= 0.6 is 0 Å². The number of hydrogen-bond donors (Lipinski definition) is 0. The van der Waals surface area contributed by atoms with Crippen molar-refractivity contribution >= 4 is 11.6 Å². The van der Waals surface area contributed by atoms with Crippen LogP contribution in [-0.2, 0) is 7.05 Å². The fourth-order valence-electron chi connectivity index (χ4n) is 3.12. The highest BCUT2D eigenvalue weighted by molar-refractivity contribution is 5.53. The van der Waals surface area contributed by atoms with E-state index < -0.39 is 0 Å². The summed E-state index contributed by atoms with van der Waals surface area (Å²) in [6.45, 7) is 3.83. The molecule has 1 aromatic carbocycles. The summed E-state index contributed by atoms with van der Waals surface area (Å²) in [7, 11) is 2.00. The summed E-state index contributed by atoms with van der Waals surface area (Å²) in [5.74, 6) is 1.71. The molecule has 1 aliphatic heterocycles. The van der Waals surface area contributed by atoms with E-state index in [1.165, 1.54) is 5.69 Å². The molecule has 0 spiro atoms. The van der Waals surface area contributed by atoms with Crippen LogP contribution in [0, 0.1) is 0 Å². The third-order valence-electron chi connectivity index (χ3n) is 4.43. The highest BCUT2D eigenvalue weighted by Crippen LogP contribution is 2.22. The third kappa shape index (κ3) is 2.71. The van der Waals surface area contributed by atoms with Gasteiger partial charge in [0.05, 0.1) is 0 Å². The van der Waals surface area contributed by atoms with E-state index in [1.54, 1.807) is 6.20 Å². The Bertz CT molecular complexity index is 791. The molecule has 0 aliphatic carbocycles. The van der Waals surface area contributed by atoms with Crippen LogP contribution in [0.3, 0.4) is 0 Å². The molecular weight excluding hydrogens is 300 g/mol. The number of rotatable bonds is 3. The van der Waals surface area contributed by atoms with Gasteiger partial charge in [-0.25, -0.2) is 0 Å². The summed E-state index contributed by atoms with van der Waals surface area (Å²) >= 11 is 0. The molecule has 1 saturated heterocycles. The van der Waals surface area contributed by atoms with E-state index >= 15 is 0 Å². The zero-order valence-corrected chi connectivity index (χ0v) is 13.7. The number of hydrogen-bond acceptors (Lipinski definition) is 5. The predicted molar refractivity (Wildman–Crippen MR) is 95.1 cm³/mol. The first kappa shape index (κ1) is 14.7. The molecule has 1 aliphatic rings. The van der Waals surface area contributed by atoms with Crippen molar-refractivity contribution in [1.82, 2.24) is 19.7 Å². The molecule has 0 atom stereocenters. The Morgan fingerprint density at radius 3 is 2.21 bits per heavy atom. The van der Waals surface area contributed by atoms with Crippen molar-refractivity contribution in [3.63, 3.8) is 0 Å². The first-order chi connectivity index (χ1) is 11.8. The Morgan fingerprint density at radius 2 is 1.50 bits per heavy atom. The first-order valence-corrected chi connectivity index (χ1v) is 8.18. The van der Waals surface area contributed by atoms with Crippen LogP contribution in [0.1, 0.15) is 0 Å². The second-order valence-electron chi connectivity index (χ2n) is 5.91. The molecule has 3 heterocycles. The largest absolute Gasteiger partial charge is 0.368 e. The normalized spacial score (nSPS) is 14.9. The molecule has 0 unspecified atom stereocenters. The van der Waals surface area contributed by atoms with Crippen molar-refractivity contribution in [3.05, 3.63) is 54.7 Å². The average molecular weight is 320 g/mol. The fourth-order valence-corrected chi connectivity index (χ4v) is 3.12. The van der Waals surface area contributed by atoms with Crippen molar-refractivity contribution < 1.29 is 0 Å². The number of pyridine rings is 1. The smallest absolute Gasteiger partial charge is 0.227 e. The summed E-state index contributed by atoms with van der Waals surface area (Å²) < 4.78 is 2.03. The minimum atomic E-state index is 0.802. The van der Waals surface area contributed by atoms with Crippen molar-refractivity contribution in [1.29, 1.82) is 0 Å². The minimum absolute atomic E-state index is 0.802. The van der Waals surface area contributed by atoms with Gasteiger partial charge in [-0.1, -0.05) is 24.3 Å². The quantitative estimate of drug-likeness (QED) is 0.740. The van der Waals surface area contributed by atoms with Gasteiger partial charge in [0.25, 0.3) is 0 Å². The Balaban J connectivity index is 1.50. The number of anilines is 2. The zero-order valence-electron chi connectivity index (χ0n) is 13.7. The van der Waals surface area contributed by atoms with Crippen LogP contribution in [0.2, 0.25) is 0 Å². The van der Waals surface area contributed by atoms with E-state index in [9.17, 15) is 0 Å². The summed E-state index contributed by atoms with van der Waals surface area (Å²) in [5, 5.41) is 8.73. The lowest BCUT2D eigenvalue weighted by Crippen LogP contribution is -2.47. The van der Waals surface area contributed by atoms with Crippen LogP contribution in [0.5, 0.6) is 0 Å². The number of piperazine rings is 1. The summed E-state index contributed by atoms with van der Waals surface area (Å²) in [4.78, 5) is 9.07. The van der Waals surface area contributed by atoms with Crippen molar-refractivity contribution in [2.75, 3.05) is 36.0 Å². The lowest BCUT2D eigenvalue weighted by atomic mass is 10.2. The maximum atomic E-state index is 4.39. The van der Waals surface area contributed by atoms with E-state index in [4.69, 9.17) is 0 Å². The van der Waals surface area contributed by atoms with Crippen LogP contribution in [0.4, 0.5) is 11.6 Å². The van der Waals surface area contributed by atoms with Gasteiger partial charge >= 0.3 is 0 Å². The molecule has 0 bridgehead atoms. The highest BCUT2D eigenvalue weighted by Gasteiger charge is 2.22. The molecule has 0 amide bonds. The predicted octanol–water partition coefficient (Wildman–Crippen LogP) is 2.20. The lowest BCUT2D eigenvalue weighted by Gasteiger charge is -2.36. The molecule has 6 heteroatoms. The van der Waals surface area contributed by atoms with E-state index in [0.29, 0.717) is 0 Å². The second-order valence-corrected chi connectivity index (χ2v) is 5.91. The molecule has 1 fully saturated rings. The maximum Gasteiger partial charge on any atom is 0.227 e. The average Bonchev–Trinajstić information content (AvgIpc) is 3.05. The topological polar surface area (TPSA) is 50.1 Å². The van der Waals surface area contributed by atoms with E-state index in [2.05, 4.69) is 55.3 Å². The summed E-state index contributed by atoms with van der Waals surface area (Å²) in [5.41, 5.74) is 2.13. The summed E-state index contributed by atoms with van der Waals surface area (Å²) in [6.07, 6.45) is 1.78. The molecule has 0 radical (unpaired) electrons. The van der Waals surface area contributed by atoms with Gasteiger partial charge in [-0.15, -0.1) is 10.2 Å². The van der Waals surface area contributed by atoms with Crippen LogP contribution in [-0.4, -0.2) is 45.9 Å². The Hall–Kier alpha value is -2.89. The van der Waals surface area contributed by atoms with Crippen LogP contribution < -0.4 is 9.80 Å². The van der Waals surface area contributed by atoms with Gasteiger partial charge in [0, 0.05) is 45.1 Å². The number of para-hydroxylation sites is 1. The van der Waals surface area contributed by atoms with Crippen molar-refractivity contribution in [2.45, 2.75) is 0 Å². The fraction of sp³-hybridized carbons (Fsp3) is 0.278. The Labute approximate surface area is 141 Å². The highest BCUT2D eigenvalue weighted by atomic mass is 15.4. The molecule has 2 aromatic heterocycles. The monoisotopic (exact) mass is 320 g/mol. The van der Waals surface area contributed by atoms with Gasteiger partial charge in [-0.3, -0.25) is 9.55 Å². The molecule has 6 nitrogen and oxygen atoms in total. The molecule has 24 heavy (non-hydrogen) atoms. The van der Waals surface area contributed by atoms with Gasteiger partial charge in [0.15, 0.2) is 5.82 Å². The zero-order chi connectivity index (χ0) is 16.4. The van der Waals surface area contributed by atoms with Gasteiger partial charge in [0.2, 0.25) is 5.95 Å². The maximum absolute atomic E-state index is 4.39. The molecule has 0 N–H and O–H groups in total. The molecule has 4 rings (SSSR count). The first-order valence-electron chi connectivity index (χ1n) is 8.18. The number of aromatic nitrogens is 4. The molecule has 122 valence electrons. The Kier molecular flexibility index (Phi) is 3.86. The minimum Gasteiger partial charge on any atom is -0.368 e. The summed E-state index contributed by atoms with van der Waals surface area (Å²) in [6, 6.07) is 16.4. The number of benzene rings is 1. The van der Waals surface area contributed by atoms with E-state index in [-0.39, 0.29) is 0 Å².